The number of hydrogen-bond donors (Lipinski definition) is 0. The number of nitrogens with zero attached hydrogens (tertiary/aromatic N) is 4. The van der Waals surface area contributed by atoms with Gasteiger partial charge >= 0.3 is 0 Å². The van der Waals surface area contributed by atoms with Crippen molar-refractivity contribution in [3.05, 3.63) is 46.6 Å². The molecule has 0 radical (unpaired) electrons. The van der Waals surface area contributed by atoms with Gasteiger partial charge in [0.2, 0.25) is 11.8 Å². The van der Waals surface area contributed by atoms with Gasteiger partial charge in [-0.05, 0) is 81.0 Å². The highest BCUT2D eigenvalue weighted by Gasteiger charge is 2.54. The monoisotopic (exact) mass is 456 g/mol. The van der Waals surface area contributed by atoms with Gasteiger partial charge in [0, 0.05) is 23.5 Å². The Morgan fingerprint density at radius 1 is 1.09 bits per heavy atom. The molecule has 4 bridgehead atoms. The summed E-state index contributed by atoms with van der Waals surface area (Å²) in [4.78, 5) is 22.4. The largest absolute Gasteiger partial charge is 0.338 e. The molecule has 1 amide bonds. The van der Waals surface area contributed by atoms with Gasteiger partial charge in [-0.25, -0.2) is 0 Å². The molecule has 2 aromatic rings. The maximum absolute atomic E-state index is 13.8. The summed E-state index contributed by atoms with van der Waals surface area (Å²) < 4.78 is 5.34. The minimum Gasteiger partial charge on any atom is -0.338 e. The van der Waals surface area contributed by atoms with E-state index in [1.807, 2.05) is 31.0 Å². The summed E-state index contributed by atoms with van der Waals surface area (Å²) in [5, 5.41) is 4.70. The average molecular weight is 457 g/mol. The van der Waals surface area contributed by atoms with E-state index in [1.54, 1.807) is 0 Å². The van der Waals surface area contributed by atoms with Crippen LogP contribution in [-0.2, 0) is 24.3 Å². The summed E-state index contributed by atoms with van der Waals surface area (Å²) in [6.45, 7) is 3.48. The van der Waals surface area contributed by atoms with Crippen LogP contribution in [0.25, 0.3) is 0 Å². The van der Waals surface area contributed by atoms with Crippen LogP contribution in [0.15, 0.2) is 28.8 Å². The molecule has 4 aliphatic rings. The first-order valence-electron chi connectivity index (χ1n) is 12.0. The maximum atomic E-state index is 13.8. The van der Waals surface area contributed by atoms with Crippen molar-refractivity contribution in [2.45, 2.75) is 70.5 Å². The van der Waals surface area contributed by atoms with E-state index in [1.165, 1.54) is 19.3 Å². The van der Waals surface area contributed by atoms with Crippen LogP contribution in [0.2, 0.25) is 5.02 Å². The topological polar surface area (TPSA) is 62.5 Å². The second kappa shape index (κ2) is 8.79. The molecule has 1 aromatic heterocycles. The molecular formula is C25H33ClN4O2. The molecule has 0 atom stereocenters. The zero-order valence-electron chi connectivity index (χ0n) is 19.1. The zero-order valence-corrected chi connectivity index (χ0v) is 19.9. The lowest BCUT2D eigenvalue weighted by Gasteiger charge is -2.60. The Labute approximate surface area is 195 Å². The highest BCUT2D eigenvalue weighted by Crippen LogP contribution is 2.58. The average Bonchev–Trinajstić information content (AvgIpc) is 3.19. The van der Waals surface area contributed by atoms with Crippen LogP contribution >= 0.6 is 11.6 Å². The second-order valence-corrected chi connectivity index (χ2v) is 10.8. The number of carbonyl (C=O) groups is 1. The van der Waals surface area contributed by atoms with Gasteiger partial charge in [0.15, 0.2) is 5.82 Å². The number of rotatable bonds is 8. The minimum atomic E-state index is 0.00613. The molecule has 7 heteroatoms. The summed E-state index contributed by atoms with van der Waals surface area (Å²) in [5.41, 5.74) is 1.15. The molecule has 0 N–H and O–H groups in total. The van der Waals surface area contributed by atoms with Crippen LogP contribution < -0.4 is 0 Å². The minimum absolute atomic E-state index is 0.00613. The number of carbonyl (C=O) groups excluding carboxylic acids is 1. The molecule has 32 heavy (non-hydrogen) atoms. The smallest absolute Gasteiger partial charge is 0.240 e. The molecule has 1 aromatic carbocycles. The summed E-state index contributed by atoms with van der Waals surface area (Å²) >= 11 is 6.12. The van der Waals surface area contributed by atoms with Gasteiger partial charge in [-0.15, -0.1) is 0 Å². The van der Waals surface area contributed by atoms with Crippen LogP contribution in [0.1, 0.15) is 62.7 Å². The number of aromatic nitrogens is 2. The van der Waals surface area contributed by atoms with E-state index >= 15 is 0 Å². The molecular weight excluding hydrogens is 424 g/mol. The second-order valence-electron chi connectivity index (χ2n) is 10.4. The molecule has 172 valence electrons. The molecule has 0 unspecified atom stereocenters. The Bertz CT molecular complexity index is 922. The van der Waals surface area contributed by atoms with Crippen molar-refractivity contribution in [3.8, 4) is 0 Å². The number of aryl methyl sites for hydroxylation is 1. The molecule has 4 fully saturated rings. The van der Waals surface area contributed by atoms with Crippen molar-refractivity contribution in [1.82, 2.24) is 19.9 Å². The van der Waals surface area contributed by atoms with Gasteiger partial charge in [0.05, 0.1) is 13.1 Å². The van der Waals surface area contributed by atoms with E-state index in [9.17, 15) is 4.79 Å². The zero-order chi connectivity index (χ0) is 22.3. The van der Waals surface area contributed by atoms with Gasteiger partial charge < -0.3 is 9.42 Å². The fourth-order valence-corrected chi connectivity index (χ4v) is 6.92. The van der Waals surface area contributed by atoms with Crippen molar-refractivity contribution in [3.63, 3.8) is 0 Å². The predicted molar refractivity (Wildman–Crippen MR) is 123 cm³/mol. The van der Waals surface area contributed by atoms with Gasteiger partial charge in [0.1, 0.15) is 0 Å². The van der Waals surface area contributed by atoms with E-state index in [0.717, 1.165) is 54.0 Å². The lowest BCUT2D eigenvalue weighted by Crippen LogP contribution is -2.62. The lowest BCUT2D eigenvalue weighted by molar-refractivity contribution is -0.153. The highest BCUT2D eigenvalue weighted by atomic mass is 35.5. The third-order valence-electron chi connectivity index (χ3n) is 7.77. The van der Waals surface area contributed by atoms with Gasteiger partial charge in [0.25, 0.3) is 0 Å². The number of halogens is 1. The van der Waals surface area contributed by atoms with Gasteiger partial charge in [-0.3, -0.25) is 9.69 Å². The quantitative estimate of drug-likeness (QED) is 0.575. The summed E-state index contributed by atoms with van der Waals surface area (Å²) in [6.07, 6.45) is 8.30. The van der Waals surface area contributed by atoms with E-state index in [0.29, 0.717) is 31.3 Å². The third-order valence-corrected chi connectivity index (χ3v) is 8.02. The van der Waals surface area contributed by atoms with E-state index < -0.39 is 0 Å². The van der Waals surface area contributed by atoms with Crippen LogP contribution in [0.5, 0.6) is 0 Å². The van der Waals surface area contributed by atoms with Crippen LogP contribution in [0.4, 0.5) is 0 Å². The van der Waals surface area contributed by atoms with E-state index in [2.05, 4.69) is 27.2 Å². The van der Waals surface area contributed by atoms with Gasteiger partial charge in [-0.2, -0.15) is 4.98 Å². The third kappa shape index (κ3) is 4.44. The van der Waals surface area contributed by atoms with E-state index in [-0.39, 0.29) is 11.4 Å². The van der Waals surface area contributed by atoms with Crippen molar-refractivity contribution >= 4 is 17.5 Å². The first kappa shape index (κ1) is 21.9. The summed E-state index contributed by atoms with van der Waals surface area (Å²) in [7, 11) is 1.95. The predicted octanol–water partition coefficient (Wildman–Crippen LogP) is 4.71. The summed E-state index contributed by atoms with van der Waals surface area (Å²) in [6, 6.07) is 7.95. The molecule has 0 spiro atoms. The SMILES string of the molecule is CCc1noc(CN(C)CC(=O)N(Cc2ccc(Cl)cc2)C23CC4CC(CC(C4)C2)C3)n1. The Balaban J connectivity index is 1.35. The first-order valence-corrected chi connectivity index (χ1v) is 12.3. The van der Waals surface area contributed by atoms with Crippen LogP contribution in [0, 0.1) is 17.8 Å². The number of hydrogen-bond acceptors (Lipinski definition) is 5. The van der Waals surface area contributed by atoms with Crippen LogP contribution in [-0.4, -0.2) is 45.0 Å². The fraction of sp³-hybridized carbons (Fsp3) is 0.640. The van der Waals surface area contributed by atoms with Crippen molar-refractivity contribution in [2.75, 3.05) is 13.6 Å². The van der Waals surface area contributed by atoms with Crippen molar-refractivity contribution < 1.29 is 9.32 Å². The number of likely N-dealkylation sites (N-methyl/N-ethyl adjacent to an activating group) is 1. The molecule has 4 aliphatic carbocycles. The fourth-order valence-electron chi connectivity index (χ4n) is 6.79. The van der Waals surface area contributed by atoms with Crippen molar-refractivity contribution in [1.29, 1.82) is 0 Å². The molecule has 6 nitrogen and oxygen atoms in total. The molecule has 1 heterocycles. The Kier molecular flexibility index (Phi) is 6.01. The normalized spacial score (nSPS) is 28.4. The first-order chi connectivity index (χ1) is 15.4. The number of amides is 1. The lowest BCUT2D eigenvalue weighted by atomic mass is 9.52. The number of benzene rings is 1. The molecule has 0 aliphatic heterocycles. The van der Waals surface area contributed by atoms with Crippen LogP contribution in [0.3, 0.4) is 0 Å². The molecule has 4 saturated carbocycles. The summed E-state index contributed by atoms with van der Waals surface area (Å²) in [5.74, 6) is 3.81. The Morgan fingerprint density at radius 2 is 1.72 bits per heavy atom. The molecule has 6 rings (SSSR count). The van der Waals surface area contributed by atoms with Gasteiger partial charge in [-0.1, -0.05) is 35.8 Å². The van der Waals surface area contributed by atoms with E-state index in [4.69, 9.17) is 16.1 Å². The standard InChI is InChI=1S/C25H33ClN4O2/c1-3-22-27-23(32-28-22)15-29(2)16-24(31)30(14-17-4-6-21(26)7-5-17)25-11-18-8-19(12-25)10-20(9-18)13-25/h4-7,18-20H,3,8-16H2,1-2H3. The Morgan fingerprint density at radius 3 is 2.28 bits per heavy atom. The Hall–Kier alpha value is -1.92. The molecule has 0 saturated heterocycles. The highest BCUT2D eigenvalue weighted by molar-refractivity contribution is 6.30. The van der Waals surface area contributed by atoms with Crippen molar-refractivity contribution in [2.24, 2.45) is 17.8 Å². The maximum Gasteiger partial charge on any atom is 0.240 e.